The van der Waals surface area contributed by atoms with Gasteiger partial charge in [0.1, 0.15) is 23.0 Å². The molecule has 0 spiro atoms. The molecule has 2 N–H and O–H groups in total. The number of piperidine rings is 1. The standard InChI is InChI=1S/C16H20N2O2S2/c1-21-14-4-2-13(3-5-14)20-10-12-11-22-15(18-12)16(19)6-8-17-9-7-16/h2-5,11,17,19H,6-10H2,1H3. The van der Waals surface area contributed by atoms with E-state index in [2.05, 4.69) is 16.6 Å². The van der Waals surface area contributed by atoms with E-state index in [1.807, 2.05) is 29.6 Å². The van der Waals surface area contributed by atoms with Crippen LogP contribution in [0.1, 0.15) is 23.5 Å². The van der Waals surface area contributed by atoms with Crippen molar-refractivity contribution in [3.8, 4) is 5.75 Å². The van der Waals surface area contributed by atoms with Gasteiger partial charge in [-0.15, -0.1) is 23.1 Å². The number of aromatic nitrogens is 1. The highest BCUT2D eigenvalue weighted by molar-refractivity contribution is 7.98. The smallest absolute Gasteiger partial charge is 0.131 e. The summed E-state index contributed by atoms with van der Waals surface area (Å²) in [5, 5.41) is 16.7. The Bertz CT molecular complexity index is 607. The number of ether oxygens (including phenoxy) is 1. The van der Waals surface area contributed by atoms with Crippen molar-refractivity contribution in [1.29, 1.82) is 0 Å². The summed E-state index contributed by atoms with van der Waals surface area (Å²) in [6, 6.07) is 8.04. The molecule has 0 aliphatic carbocycles. The number of rotatable bonds is 5. The van der Waals surface area contributed by atoms with E-state index in [0.717, 1.165) is 42.4 Å². The van der Waals surface area contributed by atoms with Crippen molar-refractivity contribution in [3.05, 3.63) is 40.3 Å². The van der Waals surface area contributed by atoms with Gasteiger partial charge in [0.25, 0.3) is 0 Å². The van der Waals surface area contributed by atoms with Gasteiger partial charge in [-0.1, -0.05) is 0 Å². The van der Waals surface area contributed by atoms with Crippen molar-refractivity contribution in [2.75, 3.05) is 19.3 Å². The van der Waals surface area contributed by atoms with E-state index in [0.29, 0.717) is 6.61 Å². The maximum atomic E-state index is 10.7. The van der Waals surface area contributed by atoms with Crippen LogP contribution in [0.3, 0.4) is 0 Å². The Labute approximate surface area is 138 Å². The van der Waals surface area contributed by atoms with E-state index in [-0.39, 0.29) is 0 Å². The van der Waals surface area contributed by atoms with Crippen LogP contribution in [0.4, 0.5) is 0 Å². The van der Waals surface area contributed by atoms with Crippen LogP contribution in [-0.4, -0.2) is 29.4 Å². The lowest BCUT2D eigenvalue weighted by Gasteiger charge is -2.30. The molecule has 3 rings (SSSR count). The van der Waals surface area contributed by atoms with Crippen molar-refractivity contribution in [2.45, 2.75) is 29.9 Å². The maximum Gasteiger partial charge on any atom is 0.131 e. The van der Waals surface area contributed by atoms with Gasteiger partial charge in [0.15, 0.2) is 0 Å². The summed E-state index contributed by atoms with van der Waals surface area (Å²) in [7, 11) is 0. The number of thiazole rings is 1. The highest BCUT2D eigenvalue weighted by Gasteiger charge is 2.34. The SMILES string of the molecule is CSc1ccc(OCc2csc(C3(O)CCNCC3)n2)cc1. The molecule has 0 bridgehead atoms. The van der Waals surface area contributed by atoms with E-state index in [4.69, 9.17) is 4.74 Å². The van der Waals surface area contributed by atoms with Crippen LogP contribution in [0.5, 0.6) is 5.75 Å². The van der Waals surface area contributed by atoms with E-state index < -0.39 is 5.60 Å². The Morgan fingerprint density at radius 3 is 2.73 bits per heavy atom. The summed E-state index contributed by atoms with van der Waals surface area (Å²) in [6.45, 7) is 2.11. The number of hydrogen-bond donors (Lipinski definition) is 2. The average Bonchev–Trinajstić information content (AvgIpc) is 3.04. The van der Waals surface area contributed by atoms with Crippen LogP contribution in [0.2, 0.25) is 0 Å². The van der Waals surface area contributed by atoms with Gasteiger partial charge in [0.2, 0.25) is 0 Å². The molecule has 2 heterocycles. The number of nitrogens with zero attached hydrogens (tertiary/aromatic N) is 1. The van der Waals surface area contributed by atoms with Crippen LogP contribution in [0, 0.1) is 0 Å². The molecule has 0 saturated carbocycles. The zero-order chi connectivity index (χ0) is 15.4. The first-order valence-corrected chi connectivity index (χ1v) is 9.45. The predicted octanol–water partition coefficient (Wildman–Crippen LogP) is 3.02. The van der Waals surface area contributed by atoms with Crippen LogP contribution in [0.25, 0.3) is 0 Å². The Morgan fingerprint density at radius 1 is 1.32 bits per heavy atom. The zero-order valence-electron chi connectivity index (χ0n) is 12.5. The molecule has 1 aromatic heterocycles. The Hall–Kier alpha value is -1.08. The summed E-state index contributed by atoms with van der Waals surface area (Å²) in [6.07, 6.45) is 3.49. The van der Waals surface area contributed by atoms with Gasteiger partial charge in [0, 0.05) is 10.3 Å². The molecule has 0 radical (unpaired) electrons. The fraction of sp³-hybridized carbons (Fsp3) is 0.438. The fourth-order valence-corrected chi connectivity index (χ4v) is 3.84. The molecule has 4 nitrogen and oxygen atoms in total. The van der Waals surface area contributed by atoms with Crippen molar-refractivity contribution in [1.82, 2.24) is 10.3 Å². The Morgan fingerprint density at radius 2 is 2.05 bits per heavy atom. The number of hydrogen-bond acceptors (Lipinski definition) is 6. The van der Waals surface area contributed by atoms with Gasteiger partial charge in [-0.25, -0.2) is 4.98 Å². The topological polar surface area (TPSA) is 54.4 Å². The first kappa shape index (κ1) is 15.8. The lowest BCUT2D eigenvalue weighted by Crippen LogP contribution is -2.39. The van der Waals surface area contributed by atoms with E-state index >= 15 is 0 Å². The molecule has 1 aliphatic rings. The van der Waals surface area contributed by atoms with Crippen LogP contribution in [-0.2, 0) is 12.2 Å². The first-order chi connectivity index (χ1) is 10.7. The molecular weight excluding hydrogens is 316 g/mol. The molecule has 0 amide bonds. The second-order valence-corrected chi connectivity index (χ2v) is 7.13. The first-order valence-electron chi connectivity index (χ1n) is 7.34. The summed E-state index contributed by atoms with van der Waals surface area (Å²) >= 11 is 3.24. The second kappa shape index (κ2) is 7.00. The predicted molar refractivity (Wildman–Crippen MR) is 90.7 cm³/mol. The lowest BCUT2D eigenvalue weighted by atomic mass is 9.93. The van der Waals surface area contributed by atoms with Gasteiger partial charge >= 0.3 is 0 Å². The van der Waals surface area contributed by atoms with Crippen LogP contribution >= 0.6 is 23.1 Å². The molecule has 0 unspecified atom stereocenters. The minimum Gasteiger partial charge on any atom is -0.487 e. The molecule has 1 saturated heterocycles. The van der Waals surface area contributed by atoms with Gasteiger partial charge in [-0.3, -0.25) is 0 Å². The van der Waals surface area contributed by atoms with Crippen LogP contribution in [0.15, 0.2) is 34.5 Å². The van der Waals surface area contributed by atoms with Gasteiger partial charge < -0.3 is 15.2 Å². The highest BCUT2D eigenvalue weighted by atomic mass is 32.2. The zero-order valence-corrected chi connectivity index (χ0v) is 14.2. The molecule has 2 aromatic rings. The summed E-state index contributed by atoms with van der Waals surface area (Å²) in [4.78, 5) is 5.79. The maximum absolute atomic E-state index is 10.7. The fourth-order valence-electron chi connectivity index (χ4n) is 2.47. The number of benzene rings is 1. The number of aliphatic hydroxyl groups is 1. The van der Waals surface area contributed by atoms with E-state index in [1.165, 1.54) is 16.2 Å². The summed E-state index contributed by atoms with van der Waals surface area (Å²) in [5.41, 5.74) is 0.106. The monoisotopic (exact) mass is 336 g/mol. The van der Waals surface area contributed by atoms with Crippen LogP contribution < -0.4 is 10.1 Å². The highest BCUT2D eigenvalue weighted by Crippen LogP contribution is 2.32. The molecular formula is C16H20N2O2S2. The largest absolute Gasteiger partial charge is 0.487 e. The number of nitrogens with one attached hydrogen (secondary N) is 1. The second-order valence-electron chi connectivity index (χ2n) is 5.39. The Balaban J connectivity index is 1.61. The van der Waals surface area contributed by atoms with E-state index in [1.54, 1.807) is 11.8 Å². The van der Waals surface area contributed by atoms with Crippen molar-refractivity contribution >= 4 is 23.1 Å². The lowest BCUT2D eigenvalue weighted by molar-refractivity contribution is 0.00553. The quantitative estimate of drug-likeness (QED) is 0.822. The molecule has 1 aromatic carbocycles. The molecule has 6 heteroatoms. The van der Waals surface area contributed by atoms with Gasteiger partial charge in [-0.2, -0.15) is 0 Å². The summed E-state index contributed by atoms with van der Waals surface area (Å²) in [5.74, 6) is 0.841. The normalized spacial score (nSPS) is 17.4. The van der Waals surface area contributed by atoms with E-state index in [9.17, 15) is 5.11 Å². The third-order valence-electron chi connectivity index (χ3n) is 3.83. The summed E-state index contributed by atoms with van der Waals surface area (Å²) < 4.78 is 5.77. The molecule has 22 heavy (non-hydrogen) atoms. The third kappa shape index (κ3) is 3.63. The van der Waals surface area contributed by atoms with Crippen molar-refractivity contribution < 1.29 is 9.84 Å². The molecule has 1 fully saturated rings. The molecule has 1 aliphatic heterocycles. The molecule has 118 valence electrons. The Kier molecular flexibility index (Phi) is 5.03. The van der Waals surface area contributed by atoms with Gasteiger partial charge in [-0.05, 0) is 56.5 Å². The molecule has 0 atom stereocenters. The minimum absolute atomic E-state index is 0.434. The van der Waals surface area contributed by atoms with Crippen molar-refractivity contribution in [2.24, 2.45) is 0 Å². The average molecular weight is 336 g/mol. The minimum atomic E-state index is -0.770. The third-order valence-corrected chi connectivity index (χ3v) is 5.65. The van der Waals surface area contributed by atoms with Crippen molar-refractivity contribution in [3.63, 3.8) is 0 Å². The van der Waals surface area contributed by atoms with Gasteiger partial charge in [0.05, 0.1) is 5.69 Å². The number of thioether (sulfide) groups is 1.